The number of aromatic nitrogens is 1. The van der Waals surface area contributed by atoms with E-state index in [0.717, 1.165) is 10.00 Å². The van der Waals surface area contributed by atoms with Gasteiger partial charge in [-0.1, -0.05) is 12.8 Å². The number of aryl methyl sites for hydroxylation is 1. The molecule has 0 fully saturated rings. The van der Waals surface area contributed by atoms with E-state index < -0.39 is 0 Å². The minimum absolute atomic E-state index is 0.380. The zero-order chi connectivity index (χ0) is 9.14. The van der Waals surface area contributed by atoms with Crippen LogP contribution in [0.15, 0.2) is 12.1 Å². The quantitative estimate of drug-likeness (QED) is 0.526. The van der Waals surface area contributed by atoms with Gasteiger partial charge in [0.25, 0.3) is 0 Å². The Morgan fingerprint density at radius 2 is 2.33 bits per heavy atom. The molecule has 1 rings (SSSR count). The summed E-state index contributed by atoms with van der Waals surface area (Å²) >= 11 is 3.90. The predicted molar refractivity (Wildman–Crippen MR) is 50.9 cm³/mol. The normalized spacial score (nSPS) is 9.50. The molecule has 1 amide bonds. The Hall–Kier alpha value is -1.23. The van der Waals surface area contributed by atoms with Gasteiger partial charge in [-0.15, -0.1) is 0 Å². The Labute approximate surface area is 75.9 Å². The molecule has 0 spiro atoms. The minimum Gasteiger partial charge on any atom is -0.384 e. The Kier molecular flexibility index (Phi) is 2.54. The molecule has 0 aliphatic rings. The number of nitrogen functional groups attached to an aromatic ring is 1. The van der Waals surface area contributed by atoms with Crippen LogP contribution in [0.3, 0.4) is 0 Å². The number of pyridine rings is 1. The summed E-state index contributed by atoms with van der Waals surface area (Å²) in [6, 6.07) is 3.30. The van der Waals surface area contributed by atoms with E-state index in [2.05, 4.69) is 17.8 Å². The van der Waals surface area contributed by atoms with Gasteiger partial charge in [0.1, 0.15) is 5.82 Å². The number of carbonyl (C=O) groups is 1. The van der Waals surface area contributed by atoms with Crippen LogP contribution in [-0.4, -0.2) is 11.4 Å². The summed E-state index contributed by atoms with van der Waals surface area (Å²) in [5, 5.41) is 0. The van der Waals surface area contributed by atoms with Crippen LogP contribution in [0.1, 0.15) is 5.69 Å². The van der Waals surface area contributed by atoms with Crippen molar-refractivity contribution in [2.45, 2.75) is 6.92 Å². The molecular formula is C7H9N3OS. The van der Waals surface area contributed by atoms with Crippen molar-refractivity contribution in [1.82, 2.24) is 4.98 Å². The number of anilines is 2. The number of nitrogens with two attached hydrogens (primary N) is 1. The Bertz CT molecular complexity index is 282. The van der Waals surface area contributed by atoms with Gasteiger partial charge in [0.2, 0.25) is 6.41 Å². The van der Waals surface area contributed by atoms with Gasteiger partial charge in [-0.25, -0.2) is 4.98 Å². The van der Waals surface area contributed by atoms with Crippen molar-refractivity contribution >= 4 is 30.7 Å². The zero-order valence-corrected chi connectivity index (χ0v) is 7.45. The van der Waals surface area contributed by atoms with Crippen molar-refractivity contribution in [1.29, 1.82) is 0 Å². The number of rotatable bonds is 2. The van der Waals surface area contributed by atoms with Gasteiger partial charge >= 0.3 is 0 Å². The molecule has 64 valence electrons. The lowest BCUT2D eigenvalue weighted by Crippen LogP contribution is -2.07. The van der Waals surface area contributed by atoms with Gasteiger partial charge < -0.3 is 5.73 Å². The van der Waals surface area contributed by atoms with E-state index in [1.165, 1.54) is 0 Å². The Balaban J connectivity index is 3.08. The monoisotopic (exact) mass is 183 g/mol. The summed E-state index contributed by atoms with van der Waals surface area (Å²) < 4.78 is 1.14. The summed E-state index contributed by atoms with van der Waals surface area (Å²) in [5.74, 6) is 0.380. The fourth-order valence-electron chi connectivity index (χ4n) is 0.869. The maximum Gasteiger partial charge on any atom is 0.224 e. The van der Waals surface area contributed by atoms with E-state index in [1.54, 1.807) is 19.1 Å². The lowest BCUT2D eigenvalue weighted by atomic mass is 10.3. The second kappa shape index (κ2) is 3.44. The van der Waals surface area contributed by atoms with Crippen LogP contribution >= 0.6 is 12.8 Å². The molecule has 0 saturated heterocycles. The van der Waals surface area contributed by atoms with Crippen LogP contribution in [-0.2, 0) is 4.79 Å². The lowest BCUT2D eigenvalue weighted by molar-refractivity contribution is -0.106. The van der Waals surface area contributed by atoms with E-state index in [0.29, 0.717) is 17.9 Å². The second-order valence-electron chi connectivity index (χ2n) is 2.34. The minimum atomic E-state index is 0.380. The van der Waals surface area contributed by atoms with Crippen LogP contribution in [0.25, 0.3) is 0 Å². The highest BCUT2D eigenvalue weighted by Gasteiger charge is 2.01. The molecule has 0 aliphatic heterocycles. The van der Waals surface area contributed by atoms with Crippen molar-refractivity contribution in [3.8, 4) is 0 Å². The SMILES string of the molecule is Cc1cc(N(S)C=O)cc(N)n1. The topological polar surface area (TPSA) is 59.2 Å². The first-order valence-corrected chi connectivity index (χ1v) is 3.71. The van der Waals surface area contributed by atoms with E-state index in [1.807, 2.05) is 0 Å². The first-order valence-electron chi connectivity index (χ1n) is 3.31. The molecule has 1 heterocycles. The molecule has 12 heavy (non-hydrogen) atoms. The highest BCUT2D eigenvalue weighted by Crippen LogP contribution is 2.17. The molecular weight excluding hydrogens is 174 g/mol. The third kappa shape index (κ3) is 1.88. The van der Waals surface area contributed by atoms with Crippen LogP contribution in [0.5, 0.6) is 0 Å². The van der Waals surface area contributed by atoms with E-state index in [-0.39, 0.29) is 0 Å². The molecule has 0 aliphatic carbocycles. The van der Waals surface area contributed by atoms with Crippen molar-refractivity contribution < 1.29 is 4.79 Å². The molecule has 0 unspecified atom stereocenters. The van der Waals surface area contributed by atoms with Crippen molar-refractivity contribution in [3.63, 3.8) is 0 Å². The van der Waals surface area contributed by atoms with E-state index in [4.69, 9.17) is 5.73 Å². The molecule has 0 bridgehead atoms. The number of hydrogen-bond donors (Lipinski definition) is 2. The molecule has 0 saturated carbocycles. The van der Waals surface area contributed by atoms with Gasteiger partial charge in [0, 0.05) is 11.8 Å². The van der Waals surface area contributed by atoms with Gasteiger partial charge in [0.15, 0.2) is 0 Å². The number of carbonyl (C=O) groups excluding carboxylic acids is 1. The first-order chi connectivity index (χ1) is 5.63. The van der Waals surface area contributed by atoms with Gasteiger partial charge in [0.05, 0.1) is 5.69 Å². The third-order valence-corrected chi connectivity index (χ3v) is 1.65. The summed E-state index contributed by atoms with van der Waals surface area (Å²) in [7, 11) is 0. The van der Waals surface area contributed by atoms with E-state index in [9.17, 15) is 4.79 Å². The lowest BCUT2D eigenvalue weighted by Gasteiger charge is -2.09. The van der Waals surface area contributed by atoms with E-state index >= 15 is 0 Å². The van der Waals surface area contributed by atoms with Gasteiger partial charge in [-0.2, -0.15) is 0 Å². The fraction of sp³-hybridized carbons (Fsp3) is 0.143. The fourth-order valence-corrected chi connectivity index (χ4v) is 0.984. The van der Waals surface area contributed by atoms with Gasteiger partial charge in [-0.3, -0.25) is 9.10 Å². The summed E-state index contributed by atoms with van der Waals surface area (Å²) in [6.45, 7) is 1.80. The van der Waals surface area contributed by atoms with Gasteiger partial charge in [-0.05, 0) is 13.0 Å². The number of amides is 1. The molecule has 4 nitrogen and oxygen atoms in total. The number of thiol groups is 1. The molecule has 0 aromatic carbocycles. The first kappa shape index (κ1) is 8.86. The van der Waals surface area contributed by atoms with Crippen molar-refractivity contribution in [2.75, 3.05) is 10.0 Å². The average Bonchev–Trinajstić information content (AvgIpc) is 2.01. The van der Waals surface area contributed by atoms with Crippen LogP contribution in [0, 0.1) is 6.92 Å². The maximum absolute atomic E-state index is 10.3. The second-order valence-corrected chi connectivity index (χ2v) is 2.77. The van der Waals surface area contributed by atoms with Crippen LogP contribution in [0.2, 0.25) is 0 Å². The van der Waals surface area contributed by atoms with Crippen molar-refractivity contribution in [2.24, 2.45) is 0 Å². The Morgan fingerprint density at radius 1 is 1.67 bits per heavy atom. The highest BCUT2D eigenvalue weighted by molar-refractivity contribution is 7.82. The van der Waals surface area contributed by atoms with Crippen LogP contribution < -0.4 is 10.0 Å². The molecule has 1 aromatic heterocycles. The van der Waals surface area contributed by atoms with Crippen molar-refractivity contribution in [3.05, 3.63) is 17.8 Å². The molecule has 2 N–H and O–H groups in total. The average molecular weight is 183 g/mol. The summed E-state index contributed by atoms with van der Waals surface area (Å²) in [5.41, 5.74) is 6.84. The molecule has 0 atom stereocenters. The number of nitrogens with zero attached hydrogens (tertiary/aromatic N) is 2. The third-order valence-electron chi connectivity index (χ3n) is 1.32. The number of hydrogen-bond acceptors (Lipinski definition) is 4. The molecule has 5 heteroatoms. The predicted octanol–water partition coefficient (Wildman–Crippen LogP) is 0.780. The maximum atomic E-state index is 10.3. The summed E-state index contributed by atoms with van der Waals surface area (Å²) in [4.78, 5) is 14.3. The Morgan fingerprint density at radius 3 is 2.83 bits per heavy atom. The smallest absolute Gasteiger partial charge is 0.224 e. The molecule has 1 aromatic rings. The zero-order valence-electron chi connectivity index (χ0n) is 6.56. The highest BCUT2D eigenvalue weighted by atomic mass is 32.1. The summed E-state index contributed by atoms with van der Waals surface area (Å²) in [6.07, 6.45) is 0.595. The largest absolute Gasteiger partial charge is 0.384 e. The standard InChI is InChI=1S/C7H9N3OS/c1-5-2-6(10(12)4-11)3-7(8)9-5/h2-4,12H,1H3,(H2,8,9). The molecule has 0 radical (unpaired) electrons. The van der Waals surface area contributed by atoms with Crippen LogP contribution in [0.4, 0.5) is 11.5 Å².